The van der Waals surface area contributed by atoms with Crippen molar-refractivity contribution in [2.45, 2.75) is 6.42 Å². The van der Waals surface area contributed by atoms with Crippen molar-refractivity contribution in [3.63, 3.8) is 0 Å². The van der Waals surface area contributed by atoms with Crippen LogP contribution in [0.3, 0.4) is 0 Å². The van der Waals surface area contributed by atoms with Crippen molar-refractivity contribution in [1.82, 2.24) is 4.98 Å². The van der Waals surface area contributed by atoms with E-state index in [0.717, 1.165) is 26.6 Å². The zero-order valence-corrected chi connectivity index (χ0v) is 14.1. The van der Waals surface area contributed by atoms with Gasteiger partial charge in [0.05, 0.1) is 10.2 Å². The molecule has 0 unspecified atom stereocenters. The highest BCUT2D eigenvalue weighted by Gasteiger charge is 2.15. The average molecular weight is 342 g/mol. The number of aromatic nitrogens is 1. The van der Waals surface area contributed by atoms with E-state index in [1.807, 2.05) is 66.7 Å². The van der Waals surface area contributed by atoms with Crippen molar-refractivity contribution in [2.75, 3.05) is 0 Å². The minimum atomic E-state index is 0.0536. The molecule has 0 aliphatic carbocycles. The van der Waals surface area contributed by atoms with Crippen LogP contribution in [0.4, 0.5) is 0 Å². The normalized spacial score (nSPS) is 12.1. The van der Waals surface area contributed by atoms with E-state index in [-0.39, 0.29) is 11.3 Å². The van der Waals surface area contributed by atoms with Gasteiger partial charge in [0.15, 0.2) is 0 Å². The number of fused-ring (bicyclic) bond motifs is 2. The molecule has 3 aromatic carbocycles. The Balaban J connectivity index is 1.78. The lowest BCUT2D eigenvalue weighted by atomic mass is 10.0. The van der Waals surface area contributed by atoms with Gasteiger partial charge in [-0.2, -0.15) is 5.26 Å². The second kappa shape index (κ2) is 6.39. The Morgan fingerprint density at radius 3 is 2.60 bits per heavy atom. The molecular weight excluding hydrogens is 328 g/mol. The summed E-state index contributed by atoms with van der Waals surface area (Å²) in [5.74, 6) is 0.0536. The van der Waals surface area contributed by atoms with Crippen LogP contribution in [-0.4, -0.2) is 10.1 Å². The van der Waals surface area contributed by atoms with Gasteiger partial charge in [-0.3, -0.25) is 0 Å². The molecule has 0 aliphatic rings. The Morgan fingerprint density at radius 1 is 1.00 bits per heavy atom. The highest BCUT2D eigenvalue weighted by atomic mass is 32.1. The van der Waals surface area contributed by atoms with Crippen LogP contribution in [0, 0.1) is 11.3 Å². The number of hydrogen-bond donors (Lipinski definition) is 1. The van der Waals surface area contributed by atoms with Gasteiger partial charge >= 0.3 is 0 Å². The van der Waals surface area contributed by atoms with E-state index in [0.29, 0.717) is 11.4 Å². The molecule has 0 spiro atoms. The minimum Gasteiger partial charge on any atom is -0.510 e. The Kier molecular flexibility index (Phi) is 3.93. The van der Waals surface area contributed by atoms with Crippen LogP contribution in [0.1, 0.15) is 10.6 Å². The number of thiazole rings is 1. The van der Waals surface area contributed by atoms with E-state index < -0.39 is 0 Å². The molecule has 120 valence electrons. The van der Waals surface area contributed by atoms with Crippen LogP contribution in [0.5, 0.6) is 0 Å². The molecular formula is C21H14N2OS. The molecule has 4 aromatic rings. The average Bonchev–Trinajstić information content (AvgIpc) is 3.06. The first-order chi connectivity index (χ1) is 12.3. The first-order valence-electron chi connectivity index (χ1n) is 7.91. The molecule has 25 heavy (non-hydrogen) atoms. The largest absolute Gasteiger partial charge is 0.510 e. The highest BCUT2D eigenvalue weighted by molar-refractivity contribution is 7.19. The van der Waals surface area contributed by atoms with Crippen molar-refractivity contribution in [1.29, 1.82) is 5.26 Å². The number of benzene rings is 3. The molecule has 4 heteroatoms. The molecule has 0 saturated heterocycles. The maximum atomic E-state index is 10.6. The quantitative estimate of drug-likeness (QED) is 0.396. The fraction of sp³-hybridized carbons (Fsp3) is 0.0476. The second-order valence-electron chi connectivity index (χ2n) is 5.74. The molecule has 1 heterocycles. The molecule has 1 aromatic heterocycles. The summed E-state index contributed by atoms with van der Waals surface area (Å²) in [6.45, 7) is 0. The van der Waals surface area contributed by atoms with E-state index in [1.54, 1.807) is 0 Å². The van der Waals surface area contributed by atoms with Gasteiger partial charge in [0, 0.05) is 6.42 Å². The number of para-hydroxylation sites is 1. The molecule has 3 nitrogen and oxygen atoms in total. The van der Waals surface area contributed by atoms with Crippen molar-refractivity contribution < 1.29 is 5.11 Å². The minimum absolute atomic E-state index is 0.0536. The van der Waals surface area contributed by atoms with Gasteiger partial charge in [-0.05, 0) is 28.5 Å². The van der Waals surface area contributed by atoms with Crippen molar-refractivity contribution in [3.05, 3.63) is 83.1 Å². The van der Waals surface area contributed by atoms with Crippen LogP contribution in [-0.2, 0) is 6.42 Å². The Bertz CT molecular complexity index is 1110. The van der Waals surface area contributed by atoms with E-state index in [9.17, 15) is 10.4 Å². The number of rotatable bonds is 3. The van der Waals surface area contributed by atoms with Gasteiger partial charge in [-0.15, -0.1) is 11.3 Å². The zero-order chi connectivity index (χ0) is 17.2. The third-order valence-corrected chi connectivity index (χ3v) is 5.20. The van der Waals surface area contributed by atoms with E-state index in [2.05, 4.69) is 11.1 Å². The van der Waals surface area contributed by atoms with Crippen molar-refractivity contribution in [3.8, 4) is 6.07 Å². The number of hydrogen-bond acceptors (Lipinski definition) is 4. The third-order valence-electron chi connectivity index (χ3n) is 4.15. The van der Waals surface area contributed by atoms with Gasteiger partial charge in [0.2, 0.25) is 0 Å². The Labute approximate surface area is 149 Å². The van der Waals surface area contributed by atoms with Crippen LogP contribution < -0.4 is 0 Å². The van der Waals surface area contributed by atoms with Crippen LogP contribution >= 0.6 is 11.3 Å². The first kappa shape index (κ1) is 15.4. The molecule has 1 N–H and O–H groups in total. The third kappa shape index (κ3) is 2.86. The summed E-state index contributed by atoms with van der Waals surface area (Å²) in [5, 5.41) is 22.9. The molecule has 0 bridgehead atoms. The molecule has 0 radical (unpaired) electrons. The first-order valence-corrected chi connectivity index (χ1v) is 8.72. The van der Waals surface area contributed by atoms with Gasteiger partial charge < -0.3 is 5.11 Å². The number of nitriles is 1. The number of aliphatic hydroxyl groups is 1. The number of aliphatic hydroxyl groups excluding tert-OH is 1. The summed E-state index contributed by atoms with van der Waals surface area (Å²) in [6.07, 6.45) is 0.306. The highest BCUT2D eigenvalue weighted by Crippen LogP contribution is 2.29. The SMILES string of the molecule is N#CC(=C(O)Cc1cccc2ccccc12)c1nc2ccccc2s1. The van der Waals surface area contributed by atoms with Gasteiger partial charge in [-0.1, -0.05) is 54.6 Å². The maximum Gasteiger partial charge on any atom is 0.138 e. The fourth-order valence-corrected chi connectivity index (χ4v) is 3.91. The lowest BCUT2D eigenvalue weighted by Crippen LogP contribution is -1.95. The van der Waals surface area contributed by atoms with Crippen molar-refractivity contribution >= 4 is 37.9 Å². The predicted octanol–water partition coefficient (Wildman–Crippen LogP) is 5.48. The van der Waals surface area contributed by atoms with E-state index in [4.69, 9.17) is 0 Å². The monoisotopic (exact) mass is 342 g/mol. The lowest BCUT2D eigenvalue weighted by Gasteiger charge is -2.07. The summed E-state index contributed by atoms with van der Waals surface area (Å²) in [4.78, 5) is 4.49. The molecule has 0 amide bonds. The topological polar surface area (TPSA) is 56.9 Å². The maximum absolute atomic E-state index is 10.6. The lowest BCUT2D eigenvalue weighted by molar-refractivity contribution is 0.402. The number of nitrogens with zero attached hydrogens (tertiary/aromatic N) is 2. The van der Waals surface area contributed by atoms with Gasteiger partial charge in [0.25, 0.3) is 0 Å². The van der Waals surface area contributed by atoms with E-state index in [1.165, 1.54) is 11.3 Å². The summed E-state index contributed by atoms with van der Waals surface area (Å²) in [7, 11) is 0. The van der Waals surface area contributed by atoms with Gasteiger partial charge in [0.1, 0.15) is 22.4 Å². The van der Waals surface area contributed by atoms with Crippen LogP contribution in [0.15, 0.2) is 72.5 Å². The molecule has 0 atom stereocenters. The molecule has 0 saturated carbocycles. The van der Waals surface area contributed by atoms with Crippen molar-refractivity contribution in [2.24, 2.45) is 0 Å². The van der Waals surface area contributed by atoms with E-state index >= 15 is 0 Å². The number of allylic oxidation sites excluding steroid dienone is 2. The fourth-order valence-electron chi connectivity index (χ4n) is 2.93. The summed E-state index contributed by atoms with van der Waals surface area (Å²) in [5.41, 5.74) is 2.08. The standard InChI is InChI=1S/C21H14N2OS/c22-13-17(21-23-18-10-3-4-11-20(18)25-21)19(24)12-15-8-5-7-14-6-1-2-9-16(14)15/h1-11,24H,12H2. The van der Waals surface area contributed by atoms with Crippen LogP contribution in [0.25, 0.3) is 26.6 Å². The zero-order valence-electron chi connectivity index (χ0n) is 13.3. The molecule has 0 fully saturated rings. The smallest absolute Gasteiger partial charge is 0.138 e. The summed E-state index contributed by atoms with van der Waals surface area (Å²) >= 11 is 1.42. The molecule has 0 aliphatic heterocycles. The summed E-state index contributed by atoms with van der Waals surface area (Å²) in [6, 6.07) is 23.9. The second-order valence-corrected chi connectivity index (χ2v) is 6.77. The summed E-state index contributed by atoms with van der Waals surface area (Å²) < 4.78 is 1.00. The molecule has 4 rings (SSSR count). The Hall–Kier alpha value is -3.16. The van der Waals surface area contributed by atoms with Crippen LogP contribution in [0.2, 0.25) is 0 Å². The van der Waals surface area contributed by atoms with Gasteiger partial charge in [-0.25, -0.2) is 4.98 Å². The Morgan fingerprint density at radius 2 is 1.76 bits per heavy atom. The predicted molar refractivity (Wildman–Crippen MR) is 102 cm³/mol.